The minimum atomic E-state index is -0.152. The molecule has 6 aromatic rings. The molecule has 8 fully saturated rings. The van der Waals surface area contributed by atoms with Crippen molar-refractivity contribution in [2.24, 2.45) is 57.8 Å². The molecule has 2 heterocycles. The first-order chi connectivity index (χ1) is 35.6. The lowest BCUT2D eigenvalue weighted by atomic mass is 9.49. The van der Waals surface area contributed by atoms with Gasteiger partial charge in [0.1, 0.15) is 0 Å². The van der Waals surface area contributed by atoms with Gasteiger partial charge in [0, 0.05) is 49.9 Å². The van der Waals surface area contributed by atoms with Gasteiger partial charge in [0.15, 0.2) is 0 Å². The van der Waals surface area contributed by atoms with Gasteiger partial charge < -0.3 is 22.1 Å². The second-order valence-electron chi connectivity index (χ2n) is 22.8. The van der Waals surface area contributed by atoms with E-state index in [9.17, 15) is 4.79 Å². The van der Waals surface area contributed by atoms with E-state index in [0.717, 1.165) is 117 Å². The quantitative estimate of drug-likeness (QED) is 0.0970. The van der Waals surface area contributed by atoms with Gasteiger partial charge in [-0.3, -0.25) is 0 Å². The molecular weight excluding hydrogens is 1050 g/mol. The van der Waals surface area contributed by atoms with Crippen molar-refractivity contribution in [2.75, 3.05) is 13.1 Å². The molecule has 0 radical (unpaired) electrons. The molecule has 392 valence electrons. The maximum absolute atomic E-state index is 12.8. The second-order valence-corrected chi connectivity index (χ2v) is 25.4. The van der Waals surface area contributed by atoms with Gasteiger partial charge in [-0.25, -0.2) is 14.2 Å². The zero-order chi connectivity index (χ0) is 51.9. The van der Waals surface area contributed by atoms with Crippen molar-refractivity contribution in [3.8, 4) is 33.9 Å². The lowest BCUT2D eigenvalue weighted by Crippen LogP contribution is -2.47. The molecule has 4 aromatic carbocycles. The Bertz CT molecular complexity index is 2900. The van der Waals surface area contributed by atoms with Crippen LogP contribution in [0.1, 0.15) is 112 Å². The summed E-state index contributed by atoms with van der Waals surface area (Å²) in [7, 11) is 0. The molecule has 8 saturated carbocycles. The van der Waals surface area contributed by atoms with Crippen LogP contribution in [0.3, 0.4) is 0 Å². The van der Waals surface area contributed by atoms with Crippen LogP contribution in [-0.2, 0) is 13.1 Å². The Balaban J connectivity index is 0.000000146. The Morgan fingerprint density at radius 2 is 0.919 bits per heavy atom. The van der Waals surface area contributed by atoms with Crippen LogP contribution in [-0.4, -0.2) is 38.7 Å². The van der Waals surface area contributed by atoms with E-state index in [1.165, 1.54) is 64.2 Å². The third-order valence-electron chi connectivity index (χ3n) is 17.5. The summed E-state index contributed by atoms with van der Waals surface area (Å²) in [6, 6.07) is 25.7. The first kappa shape index (κ1) is 53.6. The Kier molecular flexibility index (Phi) is 16.4. The number of rotatable bonds is 12. The van der Waals surface area contributed by atoms with Crippen molar-refractivity contribution < 1.29 is 4.79 Å². The van der Waals surface area contributed by atoms with Crippen molar-refractivity contribution in [2.45, 2.75) is 117 Å². The molecule has 0 atom stereocenters. The maximum atomic E-state index is 12.8. The van der Waals surface area contributed by atoms with Gasteiger partial charge in [-0.15, -0.1) is 0 Å². The molecule has 8 bridgehead atoms. The van der Waals surface area contributed by atoms with E-state index in [1.54, 1.807) is 48.2 Å². The van der Waals surface area contributed by atoms with Crippen LogP contribution in [0.15, 0.2) is 84.9 Å². The summed E-state index contributed by atoms with van der Waals surface area (Å²) in [6.45, 7) is 6.32. The first-order valence-corrected chi connectivity index (χ1v) is 28.9. The van der Waals surface area contributed by atoms with E-state index >= 15 is 0 Å². The fraction of sp³-hybridized carbons (Fsp3) is 0.475. The highest BCUT2D eigenvalue weighted by Gasteiger charge is 2.51. The van der Waals surface area contributed by atoms with Gasteiger partial charge in [-0.05, 0) is 223 Å². The van der Waals surface area contributed by atoms with E-state index < -0.39 is 0 Å². The number of nitrogens with one attached hydrogen (secondary N) is 2. The smallest absolute Gasteiger partial charge is 0.315 e. The van der Waals surface area contributed by atoms with Gasteiger partial charge in [-0.1, -0.05) is 93.9 Å². The van der Waals surface area contributed by atoms with Crippen molar-refractivity contribution in [3.63, 3.8) is 0 Å². The molecule has 2 amide bonds. The second kappa shape index (κ2) is 22.7. The van der Waals surface area contributed by atoms with Crippen LogP contribution in [0.25, 0.3) is 33.9 Å². The van der Waals surface area contributed by atoms with Crippen molar-refractivity contribution in [1.82, 2.24) is 30.2 Å². The number of amides is 2. The summed E-state index contributed by atoms with van der Waals surface area (Å²) >= 11 is 37.2. The molecule has 8 aliphatic carbocycles. The topological polar surface area (TPSA) is 129 Å². The predicted octanol–water partition coefficient (Wildman–Crippen LogP) is 16.0. The predicted molar refractivity (Wildman–Crippen MR) is 305 cm³/mol. The summed E-state index contributed by atoms with van der Waals surface area (Å²) in [5.74, 6) is 6.07. The number of nitrogens with zero attached hydrogens (tertiary/aromatic N) is 4. The van der Waals surface area contributed by atoms with Crippen molar-refractivity contribution >= 4 is 75.6 Å². The molecule has 2 aromatic heterocycles. The molecular formula is C59H68Cl6N8O. The third kappa shape index (κ3) is 11.7. The third-order valence-corrected chi connectivity index (χ3v) is 19.1. The maximum Gasteiger partial charge on any atom is 0.315 e. The van der Waals surface area contributed by atoms with Crippen molar-refractivity contribution in [3.05, 3.63) is 138 Å². The monoisotopic (exact) mass is 1110 g/mol. The molecule has 14 rings (SSSR count). The van der Waals surface area contributed by atoms with Gasteiger partial charge in [0.25, 0.3) is 0 Å². The Morgan fingerprint density at radius 1 is 0.541 bits per heavy atom. The highest BCUT2D eigenvalue weighted by atomic mass is 35.5. The van der Waals surface area contributed by atoms with Gasteiger partial charge in [0.2, 0.25) is 0 Å². The summed E-state index contributed by atoms with van der Waals surface area (Å²) in [5.41, 5.74) is 21.6. The van der Waals surface area contributed by atoms with E-state index in [0.29, 0.717) is 48.6 Å². The molecule has 9 nitrogen and oxygen atoms in total. The zero-order valence-corrected chi connectivity index (χ0v) is 46.9. The number of urea groups is 1. The number of carbonyl (C=O) groups is 1. The fourth-order valence-corrected chi connectivity index (χ4v) is 16.4. The number of halogens is 6. The Morgan fingerprint density at radius 3 is 1.31 bits per heavy atom. The average molecular weight is 1120 g/mol. The lowest BCUT2D eigenvalue weighted by Gasteiger charge is -2.57. The normalized spacial score (nSPS) is 25.8. The largest absolute Gasteiger partial charge is 0.338 e. The van der Waals surface area contributed by atoms with E-state index in [1.807, 2.05) is 79.2 Å². The highest BCUT2D eigenvalue weighted by molar-refractivity contribution is 6.36. The molecule has 0 spiro atoms. The molecule has 0 unspecified atom stereocenters. The number of benzene rings is 4. The van der Waals surface area contributed by atoms with Crippen LogP contribution in [0, 0.1) is 60.2 Å². The minimum absolute atomic E-state index is 0.152. The van der Waals surface area contributed by atoms with Crippen LogP contribution in [0.5, 0.6) is 0 Å². The number of carbonyl (C=O) groups excluding carboxylic acids is 1. The van der Waals surface area contributed by atoms with Gasteiger partial charge in [-0.2, -0.15) is 10.2 Å². The number of aromatic nitrogens is 4. The summed E-state index contributed by atoms with van der Waals surface area (Å²) in [5, 5.41) is 19.1. The molecule has 0 aliphatic heterocycles. The van der Waals surface area contributed by atoms with Crippen molar-refractivity contribution in [1.29, 1.82) is 0 Å². The van der Waals surface area contributed by atoms with Crippen LogP contribution in [0.4, 0.5) is 4.79 Å². The number of hydrogen-bond acceptors (Lipinski definition) is 5. The summed E-state index contributed by atoms with van der Waals surface area (Å²) in [4.78, 5) is 12.8. The zero-order valence-electron chi connectivity index (χ0n) is 42.4. The molecule has 0 saturated heterocycles. The van der Waals surface area contributed by atoms with E-state index in [-0.39, 0.29) is 6.03 Å². The standard InChI is InChI=1S/C30H33Cl3N4O.C17H14Cl3N3.C12H21N/c1-18-26(17-35-29(38)34-9-8-30-14-19-10-20(15-30)12-21(11-19)16-30)36-37(27-7-6-24(32)13-25(27)33)28(18)22-2-4-23(31)5-3-22;1-10-15(9-21)22-23(16-7-6-13(19)8-14(16)20)17(10)11-2-4-12(18)5-3-11;13-2-1-12-6-9-3-10(7-12)5-11(4-9)8-12/h2-7,13,19-21H,8-12,14-17H2,1H3,(H2,34,35,38);2-8H,9,21H2,1H3;9-11H,1-8,13H2. The molecule has 8 aliphatic rings. The molecule has 6 N–H and O–H groups in total. The lowest BCUT2D eigenvalue weighted by molar-refractivity contribution is -0.0564. The summed E-state index contributed by atoms with van der Waals surface area (Å²) < 4.78 is 3.62. The Labute approximate surface area is 466 Å². The van der Waals surface area contributed by atoms with Crippen LogP contribution < -0.4 is 22.1 Å². The summed E-state index contributed by atoms with van der Waals surface area (Å²) in [6.07, 6.45) is 20.1. The number of nitrogens with two attached hydrogens (primary N) is 2. The fourth-order valence-electron chi connectivity index (χ4n) is 15.2. The number of hydrogen-bond donors (Lipinski definition) is 4. The van der Waals surface area contributed by atoms with Crippen LogP contribution in [0.2, 0.25) is 30.1 Å². The average Bonchev–Trinajstić information content (AvgIpc) is 3.86. The molecule has 74 heavy (non-hydrogen) atoms. The highest BCUT2D eigenvalue weighted by Crippen LogP contribution is 2.62. The minimum Gasteiger partial charge on any atom is -0.338 e. The van der Waals surface area contributed by atoms with Crippen LogP contribution >= 0.6 is 69.6 Å². The SMILES string of the molecule is Cc1c(CN)nn(-c2ccc(Cl)cc2Cl)c1-c1ccc(Cl)cc1.Cc1c(CNC(=O)NCCC23CC4CC(CC(C4)C2)C3)nn(-c2ccc(Cl)cc2Cl)c1-c1ccc(Cl)cc1.NCCC12CC3CC(CC(C3)C1)C2. The van der Waals surface area contributed by atoms with Gasteiger partial charge in [0.05, 0.1) is 50.7 Å². The first-order valence-electron chi connectivity index (χ1n) is 26.6. The van der Waals surface area contributed by atoms with E-state index in [2.05, 4.69) is 15.7 Å². The van der Waals surface area contributed by atoms with Gasteiger partial charge >= 0.3 is 6.03 Å². The molecule has 15 heteroatoms. The Hall–Kier alpha value is -3.77. The van der Waals surface area contributed by atoms with E-state index in [4.69, 9.17) is 86.2 Å².